The topological polar surface area (TPSA) is 30.5 Å². The molecule has 0 radical (unpaired) electrons. The van der Waals surface area contributed by atoms with Gasteiger partial charge in [-0.05, 0) is 57.4 Å². The van der Waals surface area contributed by atoms with Crippen LogP contribution in [0.5, 0.6) is 5.75 Å². The molecule has 0 amide bonds. The summed E-state index contributed by atoms with van der Waals surface area (Å²) in [6, 6.07) is 6.18. The molecule has 1 aromatic carbocycles. The Bertz CT molecular complexity index is 451. The Hall–Kier alpha value is -0.580. The Labute approximate surface area is 136 Å². The summed E-state index contributed by atoms with van der Waals surface area (Å²) >= 11 is 3.60. The van der Waals surface area contributed by atoms with E-state index in [1.807, 2.05) is 6.07 Å². The lowest BCUT2D eigenvalue weighted by atomic mass is 10.1. The first kappa shape index (κ1) is 16.8. The van der Waals surface area contributed by atoms with Gasteiger partial charge >= 0.3 is 0 Å². The van der Waals surface area contributed by atoms with Crippen molar-refractivity contribution in [2.75, 3.05) is 13.2 Å². The van der Waals surface area contributed by atoms with E-state index >= 15 is 0 Å². The third kappa shape index (κ3) is 5.97. The number of ether oxygens (including phenoxy) is 2. The van der Waals surface area contributed by atoms with E-state index in [1.54, 1.807) is 0 Å². The Morgan fingerprint density at radius 2 is 2.19 bits per heavy atom. The molecule has 4 heteroatoms. The summed E-state index contributed by atoms with van der Waals surface area (Å²) in [6.07, 6.45) is 3.73. The van der Waals surface area contributed by atoms with Gasteiger partial charge in [0.05, 0.1) is 12.7 Å². The Kier molecular flexibility index (Phi) is 6.08. The lowest BCUT2D eigenvalue weighted by Gasteiger charge is -2.21. The molecular formula is C17H26BrNO2. The fourth-order valence-corrected chi connectivity index (χ4v) is 2.70. The Morgan fingerprint density at radius 1 is 1.38 bits per heavy atom. The van der Waals surface area contributed by atoms with E-state index in [2.05, 4.69) is 54.2 Å². The minimum atomic E-state index is 0.107. The van der Waals surface area contributed by atoms with E-state index in [-0.39, 0.29) is 5.54 Å². The van der Waals surface area contributed by atoms with Gasteiger partial charge in [0.25, 0.3) is 0 Å². The molecule has 1 N–H and O–H groups in total. The van der Waals surface area contributed by atoms with Crippen molar-refractivity contribution in [3.8, 4) is 5.75 Å². The van der Waals surface area contributed by atoms with E-state index in [4.69, 9.17) is 9.47 Å². The van der Waals surface area contributed by atoms with Crippen LogP contribution in [0.4, 0.5) is 0 Å². The molecule has 1 aliphatic heterocycles. The largest absolute Gasteiger partial charge is 0.493 e. The third-order valence-corrected chi connectivity index (χ3v) is 4.33. The smallest absolute Gasteiger partial charge is 0.119 e. The van der Waals surface area contributed by atoms with Gasteiger partial charge in [0.15, 0.2) is 0 Å². The maximum Gasteiger partial charge on any atom is 0.119 e. The van der Waals surface area contributed by atoms with Crippen molar-refractivity contribution in [1.82, 2.24) is 5.32 Å². The summed E-state index contributed by atoms with van der Waals surface area (Å²) in [5.41, 5.74) is 1.33. The highest BCUT2D eigenvalue weighted by molar-refractivity contribution is 9.10. The second-order valence-corrected chi connectivity index (χ2v) is 7.48. The van der Waals surface area contributed by atoms with E-state index in [9.17, 15) is 0 Å². The second-order valence-electron chi connectivity index (χ2n) is 6.63. The number of halogens is 1. The van der Waals surface area contributed by atoms with Gasteiger partial charge in [-0.25, -0.2) is 0 Å². The summed E-state index contributed by atoms with van der Waals surface area (Å²) in [5.74, 6) is 0.932. The van der Waals surface area contributed by atoms with Crippen molar-refractivity contribution in [2.45, 2.75) is 58.2 Å². The Morgan fingerprint density at radius 3 is 2.86 bits per heavy atom. The number of hydrogen-bond acceptors (Lipinski definition) is 3. The first-order valence-electron chi connectivity index (χ1n) is 7.72. The molecule has 1 saturated heterocycles. The molecule has 0 aromatic heterocycles. The van der Waals surface area contributed by atoms with Crippen molar-refractivity contribution in [2.24, 2.45) is 0 Å². The predicted octanol–water partition coefficient (Wildman–Crippen LogP) is 4.29. The molecule has 1 aliphatic rings. The van der Waals surface area contributed by atoms with Gasteiger partial charge < -0.3 is 14.8 Å². The zero-order valence-corrected chi connectivity index (χ0v) is 14.8. The molecule has 0 bridgehead atoms. The van der Waals surface area contributed by atoms with Crippen LogP contribution in [0, 0.1) is 0 Å². The van der Waals surface area contributed by atoms with Crippen molar-refractivity contribution < 1.29 is 9.47 Å². The quantitative estimate of drug-likeness (QED) is 0.825. The number of nitrogens with one attached hydrogen (secondary N) is 1. The van der Waals surface area contributed by atoms with Crippen molar-refractivity contribution in [1.29, 1.82) is 0 Å². The van der Waals surface area contributed by atoms with Crippen molar-refractivity contribution in [3.63, 3.8) is 0 Å². The molecule has 118 valence electrons. The highest BCUT2D eigenvalue weighted by Gasteiger charge is 2.15. The summed E-state index contributed by atoms with van der Waals surface area (Å²) in [6.45, 7) is 8.96. The van der Waals surface area contributed by atoms with E-state index in [0.717, 1.165) is 36.4 Å². The van der Waals surface area contributed by atoms with Crippen LogP contribution >= 0.6 is 15.9 Å². The molecule has 1 unspecified atom stereocenters. The van der Waals surface area contributed by atoms with Crippen molar-refractivity contribution >= 4 is 15.9 Å². The summed E-state index contributed by atoms with van der Waals surface area (Å²) in [7, 11) is 0. The molecule has 1 heterocycles. The van der Waals surface area contributed by atoms with Crippen LogP contribution in [0.3, 0.4) is 0 Å². The van der Waals surface area contributed by atoms with E-state index in [1.165, 1.54) is 18.4 Å². The van der Waals surface area contributed by atoms with Crippen LogP contribution in [0.15, 0.2) is 22.7 Å². The first-order chi connectivity index (χ1) is 9.94. The van der Waals surface area contributed by atoms with E-state index in [0.29, 0.717) is 6.10 Å². The molecule has 1 atom stereocenters. The van der Waals surface area contributed by atoms with Crippen LogP contribution in [0.1, 0.15) is 45.6 Å². The average molecular weight is 356 g/mol. The number of rotatable bonds is 6. The minimum absolute atomic E-state index is 0.107. The molecule has 2 rings (SSSR count). The molecule has 1 fully saturated rings. The highest BCUT2D eigenvalue weighted by Crippen LogP contribution is 2.24. The maximum atomic E-state index is 5.87. The van der Waals surface area contributed by atoms with E-state index < -0.39 is 0 Å². The molecular weight excluding hydrogens is 330 g/mol. The van der Waals surface area contributed by atoms with Crippen LogP contribution in [0.25, 0.3) is 0 Å². The standard InChI is InChI=1S/C17H26BrNO2/c1-17(2,3)19-12-13-11-15(6-7-16(13)18)21-10-8-14-5-4-9-20-14/h6-7,11,14,19H,4-5,8-10,12H2,1-3H3. The van der Waals surface area contributed by atoms with Gasteiger partial charge in [0.1, 0.15) is 5.75 Å². The predicted molar refractivity (Wildman–Crippen MR) is 89.8 cm³/mol. The molecule has 0 saturated carbocycles. The van der Waals surface area contributed by atoms with Gasteiger partial charge in [-0.1, -0.05) is 15.9 Å². The maximum absolute atomic E-state index is 5.87. The highest BCUT2D eigenvalue weighted by atomic mass is 79.9. The molecule has 1 aromatic rings. The zero-order chi connectivity index (χ0) is 15.3. The molecule has 0 spiro atoms. The third-order valence-electron chi connectivity index (χ3n) is 3.56. The second kappa shape index (κ2) is 7.61. The lowest BCUT2D eigenvalue weighted by molar-refractivity contribution is 0.0903. The van der Waals surface area contributed by atoms with Crippen LogP contribution < -0.4 is 10.1 Å². The van der Waals surface area contributed by atoms with Crippen molar-refractivity contribution in [3.05, 3.63) is 28.2 Å². The van der Waals surface area contributed by atoms with Gasteiger partial charge in [0.2, 0.25) is 0 Å². The molecule has 0 aliphatic carbocycles. The fraction of sp³-hybridized carbons (Fsp3) is 0.647. The summed E-state index contributed by atoms with van der Waals surface area (Å²) < 4.78 is 12.6. The fourth-order valence-electron chi connectivity index (χ4n) is 2.32. The SMILES string of the molecule is CC(C)(C)NCc1cc(OCCC2CCCO2)ccc1Br. The zero-order valence-electron chi connectivity index (χ0n) is 13.2. The molecule has 3 nitrogen and oxygen atoms in total. The number of hydrogen-bond donors (Lipinski definition) is 1. The Balaban J connectivity index is 1.85. The number of benzene rings is 1. The van der Waals surface area contributed by atoms with Gasteiger partial charge in [-0.15, -0.1) is 0 Å². The van der Waals surface area contributed by atoms with Gasteiger partial charge in [-0.3, -0.25) is 0 Å². The van der Waals surface area contributed by atoms with Gasteiger partial charge in [0, 0.05) is 29.6 Å². The summed E-state index contributed by atoms with van der Waals surface area (Å²) in [4.78, 5) is 0. The molecule has 21 heavy (non-hydrogen) atoms. The van der Waals surface area contributed by atoms with Crippen LogP contribution in [-0.2, 0) is 11.3 Å². The normalized spacial score (nSPS) is 19.0. The van der Waals surface area contributed by atoms with Crippen LogP contribution in [0.2, 0.25) is 0 Å². The van der Waals surface area contributed by atoms with Crippen LogP contribution in [-0.4, -0.2) is 24.9 Å². The summed E-state index contributed by atoms with van der Waals surface area (Å²) in [5, 5.41) is 3.50. The lowest BCUT2D eigenvalue weighted by Crippen LogP contribution is -2.35. The minimum Gasteiger partial charge on any atom is -0.493 e. The monoisotopic (exact) mass is 355 g/mol. The first-order valence-corrected chi connectivity index (χ1v) is 8.51. The van der Waals surface area contributed by atoms with Gasteiger partial charge in [-0.2, -0.15) is 0 Å². The average Bonchev–Trinajstić information content (AvgIpc) is 2.91.